The molecule has 0 saturated heterocycles. The normalized spacial score (nSPS) is 12.1. The number of aliphatic hydroxyl groups is 1. The van der Waals surface area contributed by atoms with Gasteiger partial charge >= 0.3 is 0 Å². The van der Waals surface area contributed by atoms with E-state index in [0.29, 0.717) is 12.3 Å². The molecule has 25 heavy (non-hydrogen) atoms. The van der Waals surface area contributed by atoms with Gasteiger partial charge in [-0.05, 0) is 43.2 Å². The maximum absolute atomic E-state index is 12.4. The van der Waals surface area contributed by atoms with Crippen LogP contribution in [0.2, 0.25) is 0 Å². The minimum absolute atomic E-state index is 0.156. The third-order valence-electron chi connectivity index (χ3n) is 4.15. The molecule has 130 valence electrons. The summed E-state index contributed by atoms with van der Waals surface area (Å²) in [7, 11) is 0. The van der Waals surface area contributed by atoms with E-state index in [1.807, 2.05) is 56.3 Å². The third-order valence-corrected chi connectivity index (χ3v) is 4.15. The lowest BCUT2D eigenvalue weighted by Gasteiger charge is -2.14. The standard InChI is InChI=1S/C20H22N2O3/c1-3-25-15-9-8-14-10-18(22-17(14)11-15)20(24)21-12-19(23)16-7-5-4-6-13(16)2/h4-11,19,22-23H,3,12H2,1-2H3,(H,21,24). The van der Waals surface area contributed by atoms with Crippen molar-refractivity contribution in [1.29, 1.82) is 0 Å². The number of H-pyrrole nitrogens is 1. The number of aryl methyl sites for hydroxylation is 1. The summed E-state index contributed by atoms with van der Waals surface area (Å²) in [6, 6.07) is 15.1. The van der Waals surface area contributed by atoms with E-state index in [0.717, 1.165) is 27.8 Å². The fourth-order valence-corrected chi connectivity index (χ4v) is 2.84. The van der Waals surface area contributed by atoms with Crippen molar-refractivity contribution in [1.82, 2.24) is 10.3 Å². The molecule has 0 saturated carbocycles. The number of hydrogen-bond acceptors (Lipinski definition) is 3. The first-order chi connectivity index (χ1) is 12.1. The molecule has 5 nitrogen and oxygen atoms in total. The van der Waals surface area contributed by atoms with Crippen molar-refractivity contribution in [2.24, 2.45) is 0 Å². The van der Waals surface area contributed by atoms with Crippen LogP contribution in [0.4, 0.5) is 0 Å². The molecular weight excluding hydrogens is 316 g/mol. The van der Waals surface area contributed by atoms with E-state index in [2.05, 4.69) is 10.3 Å². The molecule has 0 spiro atoms. The van der Waals surface area contributed by atoms with Crippen molar-refractivity contribution in [2.75, 3.05) is 13.2 Å². The molecule has 0 fully saturated rings. The van der Waals surface area contributed by atoms with Gasteiger partial charge in [-0.2, -0.15) is 0 Å². The fourth-order valence-electron chi connectivity index (χ4n) is 2.84. The molecule has 5 heteroatoms. The van der Waals surface area contributed by atoms with Crippen LogP contribution in [0.1, 0.15) is 34.6 Å². The summed E-state index contributed by atoms with van der Waals surface area (Å²) < 4.78 is 5.47. The molecular formula is C20H22N2O3. The number of hydrogen-bond donors (Lipinski definition) is 3. The van der Waals surface area contributed by atoms with Gasteiger partial charge in [0.2, 0.25) is 0 Å². The highest BCUT2D eigenvalue weighted by atomic mass is 16.5. The van der Waals surface area contributed by atoms with Crippen LogP contribution in [-0.2, 0) is 0 Å². The van der Waals surface area contributed by atoms with Gasteiger partial charge in [-0.25, -0.2) is 0 Å². The van der Waals surface area contributed by atoms with Gasteiger partial charge in [-0.15, -0.1) is 0 Å². The molecule has 1 aromatic heterocycles. The van der Waals surface area contributed by atoms with Crippen LogP contribution in [0.5, 0.6) is 5.75 Å². The van der Waals surface area contributed by atoms with Crippen molar-refractivity contribution in [3.05, 3.63) is 65.4 Å². The summed E-state index contributed by atoms with van der Waals surface area (Å²) in [5.74, 6) is 0.514. The lowest BCUT2D eigenvalue weighted by molar-refractivity contribution is 0.0912. The van der Waals surface area contributed by atoms with Crippen molar-refractivity contribution in [3.63, 3.8) is 0 Å². The molecule has 0 radical (unpaired) electrons. The first-order valence-corrected chi connectivity index (χ1v) is 8.36. The molecule has 3 N–H and O–H groups in total. The maximum Gasteiger partial charge on any atom is 0.267 e. The summed E-state index contributed by atoms with van der Waals surface area (Å²) in [6.45, 7) is 4.62. The van der Waals surface area contributed by atoms with Crippen LogP contribution in [0.25, 0.3) is 10.9 Å². The second-order valence-electron chi connectivity index (χ2n) is 5.95. The summed E-state index contributed by atoms with van der Waals surface area (Å²) in [5, 5.41) is 14.0. The number of nitrogens with one attached hydrogen (secondary N) is 2. The van der Waals surface area contributed by atoms with Crippen molar-refractivity contribution in [3.8, 4) is 5.75 Å². The molecule has 2 aromatic carbocycles. The zero-order chi connectivity index (χ0) is 17.8. The summed E-state index contributed by atoms with van der Waals surface area (Å²) in [4.78, 5) is 15.5. The van der Waals surface area contributed by atoms with E-state index in [4.69, 9.17) is 4.74 Å². The number of aliphatic hydroxyl groups excluding tert-OH is 1. The van der Waals surface area contributed by atoms with E-state index in [1.54, 1.807) is 6.07 Å². The van der Waals surface area contributed by atoms with Crippen LogP contribution in [0.3, 0.4) is 0 Å². The Morgan fingerprint density at radius 2 is 2.04 bits per heavy atom. The Labute approximate surface area is 146 Å². The SMILES string of the molecule is CCOc1ccc2cc(C(=O)NCC(O)c3ccccc3C)[nH]c2c1. The Morgan fingerprint density at radius 1 is 1.24 bits per heavy atom. The smallest absolute Gasteiger partial charge is 0.267 e. The number of aromatic nitrogens is 1. The van der Waals surface area contributed by atoms with E-state index in [-0.39, 0.29) is 12.5 Å². The van der Waals surface area contributed by atoms with Crippen LogP contribution < -0.4 is 10.1 Å². The average Bonchev–Trinajstić information content (AvgIpc) is 3.03. The van der Waals surface area contributed by atoms with Gasteiger partial charge in [-0.1, -0.05) is 24.3 Å². The van der Waals surface area contributed by atoms with E-state index >= 15 is 0 Å². The fraction of sp³-hybridized carbons (Fsp3) is 0.250. The molecule has 1 unspecified atom stereocenters. The number of fused-ring (bicyclic) bond motifs is 1. The molecule has 3 rings (SSSR count). The monoisotopic (exact) mass is 338 g/mol. The number of aromatic amines is 1. The highest BCUT2D eigenvalue weighted by Gasteiger charge is 2.14. The zero-order valence-electron chi connectivity index (χ0n) is 14.4. The van der Waals surface area contributed by atoms with Crippen LogP contribution in [0.15, 0.2) is 48.5 Å². The van der Waals surface area contributed by atoms with Crippen molar-refractivity contribution in [2.45, 2.75) is 20.0 Å². The molecule has 0 aliphatic heterocycles. The second-order valence-corrected chi connectivity index (χ2v) is 5.95. The van der Waals surface area contributed by atoms with Gasteiger partial charge in [0.05, 0.1) is 12.7 Å². The topological polar surface area (TPSA) is 74.3 Å². The van der Waals surface area contributed by atoms with E-state index in [9.17, 15) is 9.90 Å². The lowest BCUT2D eigenvalue weighted by atomic mass is 10.0. The Kier molecular flexibility index (Phi) is 5.05. The lowest BCUT2D eigenvalue weighted by Crippen LogP contribution is -2.28. The van der Waals surface area contributed by atoms with Crippen LogP contribution in [0, 0.1) is 6.92 Å². The first-order valence-electron chi connectivity index (χ1n) is 8.36. The largest absolute Gasteiger partial charge is 0.494 e. The number of amides is 1. The predicted octanol–water partition coefficient (Wildman–Crippen LogP) is 3.34. The summed E-state index contributed by atoms with van der Waals surface area (Å²) >= 11 is 0. The van der Waals surface area contributed by atoms with Gasteiger partial charge in [0.25, 0.3) is 5.91 Å². The van der Waals surface area contributed by atoms with Crippen molar-refractivity contribution >= 4 is 16.8 Å². The minimum Gasteiger partial charge on any atom is -0.494 e. The van der Waals surface area contributed by atoms with Gasteiger partial charge in [0.1, 0.15) is 11.4 Å². The quantitative estimate of drug-likeness (QED) is 0.645. The van der Waals surface area contributed by atoms with Gasteiger partial charge in [0, 0.05) is 23.5 Å². The molecule has 0 aliphatic rings. The van der Waals surface area contributed by atoms with E-state index < -0.39 is 6.10 Å². The number of carbonyl (C=O) groups excluding carboxylic acids is 1. The zero-order valence-corrected chi connectivity index (χ0v) is 14.4. The number of ether oxygens (including phenoxy) is 1. The highest BCUT2D eigenvalue weighted by Crippen LogP contribution is 2.22. The summed E-state index contributed by atoms with van der Waals surface area (Å²) in [6.07, 6.45) is -0.737. The van der Waals surface area contributed by atoms with Crippen LogP contribution >= 0.6 is 0 Å². The van der Waals surface area contributed by atoms with E-state index in [1.165, 1.54) is 0 Å². The molecule has 0 bridgehead atoms. The second kappa shape index (κ2) is 7.40. The maximum atomic E-state index is 12.4. The average molecular weight is 338 g/mol. The number of benzene rings is 2. The highest BCUT2D eigenvalue weighted by molar-refractivity contribution is 5.98. The first kappa shape index (κ1) is 17.0. The Hall–Kier alpha value is -2.79. The summed E-state index contributed by atoms with van der Waals surface area (Å²) in [5.41, 5.74) is 3.12. The Balaban J connectivity index is 1.69. The van der Waals surface area contributed by atoms with Crippen LogP contribution in [-0.4, -0.2) is 29.1 Å². The third kappa shape index (κ3) is 3.83. The number of rotatable bonds is 6. The molecule has 3 aromatic rings. The molecule has 0 aliphatic carbocycles. The van der Waals surface area contributed by atoms with Gasteiger partial charge in [0.15, 0.2) is 0 Å². The molecule has 1 atom stereocenters. The molecule has 1 heterocycles. The molecule has 1 amide bonds. The minimum atomic E-state index is -0.737. The van der Waals surface area contributed by atoms with Crippen molar-refractivity contribution < 1.29 is 14.6 Å². The Morgan fingerprint density at radius 3 is 2.80 bits per heavy atom. The van der Waals surface area contributed by atoms with Gasteiger partial charge in [-0.3, -0.25) is 4.79 Å². The Bertz CT molecular complexity index is 886. The predicted molar refractivity (Wildman–Crippen MR) is 97.9 cm³/mol. The number of carbonyl (C=O) groups is 1. The van der Waals surface area contributed by atoms with Gasteiger partial charge < -0.3 is 20.1 Å².